The Morgan fingerprint density at radius 1 is 1.71 bits per heavy atom. The van der Waals surface area contributed by atoms with Crippen LogP contribution in [0.5, 0.6) is 0 Å². The van der Waals surface area contributed by atoms with E-state index >= 15 is 0 Å². The Labute approximate surface area is 87.8 Å². The number of thioether (sulfide) groups is 1. The van der Waals surface area contributed by atoms with Crippen molar-refractivity contribution >= 4 is 17.6 Å². The van der Waals surface area contributed by atoms with Crippen LogP contribution >= 0.6 is 11.8 Å². The maximum absolute atomic E-state index is 7.24. The molecule has 0 saturated carbocycles. The van der Waals surface area contributed by atoms with Crippen molar-refractivity contribution in [1.29, 1.82) is 5.41 Å². The molecule has 0 aliphatic carbocycles. The maximum atomic E-state index is 7.24. The minimum atomic E-state index is -0.0154. The average molecular weight is 210 g/mol. The summed E-state index contributed by atoms with van der Waals surface area (Å²) in [6.07, 6.45) is 2.70. The number of nitrogen functional groups attached to an aromatic ring is 1. The Morgan fingerprint density at radius 3 is 3.00 bits per heavy atom. The lowest BCUT2D eigenvalue weighted by atomic mass is 10.4. The lowest BCUT2D eigenvalue weighted by molar-refractivity contribution is 0.882. The summed E-state index contributed by atoms with van der Waals surface area (Å²) < 4.78 is 0. The summed E-state index contributed by atoms with van der Waals surface area (Å²) in [7, 11) is 0. The number of nitrogens with two attached hydrogens (primary N) is 1. The molecule has 0 aliphatic heterocycles. The SMILES string of the molecule is CCC(C)Sc1nccc(C(=N)N)n1. The van der Waals surface area contributed by atoms with Crippen LogP contribution in [0.1, 0.15) is 26.0 Å². The Hall–Kier alpha value is -1.10. The second-order valence-corrected chi connectivity index (χ2v) is 4.38. The zero-order valence-corrected chi connectivity index (χ0v) is 9.14. The van der Waals surface area contributed by atoms with E-state index in [1.807, 2.05) is 0 Å². The van der Waals surface area contributed by atoms with Crippen LogP contribution < -0.4 is 5.73 Å². The number of amidine groups is 1. The van der Waals surface area contributed by atoms with Gasteiger partial charge in [0.25, 0.3) is 0 Å². The molecule has 0 bridgehead atoms. The molecule has 14 heavy (non-hydrogen) atoms. The van der Waals surface area contributed by atoms with Gasteiger partial charge in [-0.2, -0.15) is 0 Å². The van der Waals surface area contributed by atoms with Crippen molar-refractivity contribution in [2.45, 2.75) is 30.7 Å². The van der Waals surface area contributed by atoms with Gasteiger partial charge < -0.3 is 5.73 Å². The van der Waals surface area contributed by atoms with E-state index in [0.29, 0.717) is 16.1 Å². The first-order valence-corrected chi connectivity index (χ1v) is 5.35. The molecule has 76 valence electrons. The minimum absolute atomic E-state index is 0.0154. The standard InChI is InChI=1S/C9H14N4S/c1-3-6(2)14-9-12-5-4-7(13-9)8(10)11/h4-6H,3H2,1-2H3,(H3,10,11). The van der Waals surface area contributed by atoms with Gasteiger partial charge in [0.2, 0.25) is 0 Å². The van der Waals surface area contributed by atoms with Gasteiger partial charge in [-0.15, -0.1) is 0 Å². The van der Waals surface area contributed by atoms with E-state index in [1.54, 1.807) is 24.0 Å². The molecule has 0 fully saturated rings. The monoisotopic (exact) mass is 210 g/mol. The second-order valence-electron chi connectivity index (χ2n) is 2.97. The number of aromatic nitrogens is 2. The van der Waals surface area contributed by atoms with Crippen molar-refractivity contribution in [3.63, 3.8) is 0 Å². The first-order chi connectivity index (χ1) is 6.63. The van der Waals surface area contributed by atoms with Crippen molar-refractivity contribution < 1.29 is 0 Å². The van der Waals surface area contributed by atoms with E-state index < -0.39 is 0 Å². The number of hydrogen-bond acceptors (Lipinski definition) is 4. The quantitative estimate of drug-likeness (QED) is 0.343. The lowest BCUT2D eigenvalue weighted by Gasteiger charge is -2.06. The van der Waals surface area contributed by atoms with Gasteiger partial charge in [-0.05, 0) is 12.5 Å². The first kappa shape index (κ1) is 11.0. The van der Waals surface area contributed by atoms with E-state index in [4.69, 9.17) is 11.1 Å². The Kier molecular flexibility index (Phi) is 3.88. The van der Waals surface area contributed by atoms with Gasteiger partial charge in [-0.25, -0.2) is 9.97 Å². The van der Waals surface area contributed by atoms with Gasteiger partial charge in [-0.3, -0.25) is 5.41 Å². The van der Waals surface area contributed by atoms with Crippen molar-refractivity contribution in [2.75, 3.05) is 0 Å². The summed E-state index contributed by atoms with van der Waals surface area (Å²) in [5, 5.41) is 8.41. The zero-order chi connectivity index (χ0) is 10.6. The van der Waals surface area contributed by atoms with E-state index in [1.165, 1.54) is 0 Å². The van der Waals surface area contributed by atoms with Crippen LogP contribution in [0.2, 0.25) is 0 Å². The fourth-order valence-electron chi connectivity index (χ4n) is 0.811. The van der Waals surface area contributed by atoms with Crippen molar-refractivity contribution in [3.05, 3.63) is 18.0 Å². The smallest absolute Gasteiger partial charge is 0.188 e. The molecule has 1 heterocycles. The van der Waals surface area contributed by atoms with Gasteiger partial charge in [0.05, 0.1) is 0 Å². The molecule has 0 aromatic carbocycles. The highest BCUT2D eigenvalue weighted by Crippen LogP contribution is 2.20. The number of nitrogens with zero attached hydrogens (tertiary/aromatic N) is 2. The molecule has 0 spiro atoms. The predicted octanol–water partition coefficient (Wildman–Crippen LogP) is 1.65. The fourth-order valence-corrected chi connectivity index (χ4v) is 1.61. The third-order valence-corrected chi connectivity index (χ3v) is 2.93. The molecule has 0 saturated heterocycles. The minimum Gasteiger partial charge on any atom is -0.382 e. The molecule has 0 radical (unpaired) electrons. The highest BCUT2D eigenvalue weighted by molar-refractivity contribution is 7.99. The predicted molar refractivity (Wildman–Crippen MR) is 58.7 cm³/mol. The molecular formula is C9H14N4S. The van der Waals surface area contributed by atoms with Gasteiger partial charge >= 0.3 is 0 Å². The summed E-state index contributed by atoms with van der Waals surface area (Å²) in [6.45, 7) is 4.24. The molecule has 1 rings (SSSR count). The van der Waals surface area contributed by atoms with Crippen LogP contribution in [0.25, 0.3) is 0 Å². The van der Waals surface area contributed by atoms with Crippen LogP contribution in [-0.2, 0) is 0 Å². The van der Waals surface area contributed by atoms with Gasteiger partial charge in [-0.1, -0.05) is 25.6 Å². The number of rotatable bonds is 4. The molecule has 4 nitrogen and oxygen atoms in total. The molecule has 1 atom stereocenters. The molecule has 1 aromatic rings. The highest BCUT2D eigenvalue weighted by Gasteiger charge is 2.06. The molecule has 5 heteroatoms. The third kappa shape index (κ3) is 2.99. The highest BCUT2D eigenvalue weighted by atomic mass is 32.2. The molecule has 3 N–H and O–H groups in total. The molecular weight excluding hydrogens is 196 g/mol. The molecule has 1 aromatic heterocycles. The molecule has 1 unspecified atom stereocenters. The Balaban J connectivity index is 2.78. The zero-order valence-electron chi connectivity index (χ0n) is 8.32. The molecule has 0 aliphatic rings. The van der Waals surface area contributed by atoms with E-state index in [0.717, 1.165) is 6.42 Å². The topological polar surface area (TPSA) is 75.7 Å². The van der Waals surface area contributed by atoms with Crippen LogP contribution in [0.15, 0.2) is 17.4 Å². The van der Waals surface area contributed by atoms with Crippen LogP contribution in [0, 0.1) is 5.41 Å². The first-order valence-electron chi connectivity index (χ1n) is 4.47. The van der Waals surface area contributed by atoms with Crippen molar-refractivity contribution in [1.82, 2.24) is 9.97 Å². The van der Waals surface area contributed by atoms with Crippen LogP contribution in [0.3, 0.4) is 0 Å². The average Bonchev–Trinajstić information content (AvgIpc) is 2.18. The number of nitrogens with one attached hydrogen (secondary N) is 1. The third-order valence-electron chi connectivity index (χ3n) is 1.79. The van der Waals surface area contributed by atoms with Gasteiger partial charge in [0, 0.05) is 11.4 Å². The Bertz CT molecular complexity index is 326. The maximum Gasteiger partial charge on any atom is 0.188 e. The van der Waals surface area contributed by atoms with E-state index in [-0.39, 0.29) is 5.84 Å². The largest absolute Gasteiger partial charge is 0.382 e. The summed E-state index contributed by atoms with van der Waals surface area (Å²) >= 11 is 1.60. The van der Waals surface area contributed by atoms with E-state index in [9.17, 15) is 0 Å². The van der Waals surface area contributed by atoms with Gasteiger partial charge in [0.1, 0.15) is 11.5 Å². The van der Waals surface area contributed by atoms with Crippen molar-refractivity contribution in [2.24, 2.45) is 5.73 Å². The van der Waals surface area contributed by atoms with Crippen LogP contribution in [-0.4, -0.2) is 21.1 Å². The van der Waals surface area contributed by atoms with Crippen LogP contribution in [0.4, 0.5) is 0 Å². The second kappa shape index (κ2) is 4.95. The summed E-state index contributed by atoms with van der Waals surface area (Å²) in [4.78, 5) is 8.27. The Morgan fingerprint density at radius 2 is 2.43 bits per heavy atom. The lowest BCUT2D eigenvalue weighted by Crippen LogP contribution is -2.13. The van der Waals surface area contributed by atoms with Gasteiger partial charge in [0.15, 0.2) is 5.16 Å². The molecule has 0 amide bonds. The fraction of sp³-hybridized carbons (Fsp3) is 0.444. The summed E-state index contributed by atoms with van der Waals surface area (Å²) in [5.74, 6) is -0.0154. The normalized spacial score (nSPS) is 12.4. The van der Waals surface area contributed by atoms with Crippen molar-refractivity contribution in [3.8, 4) is 0 Å². The number of hydrogen-bond donors (Lipinski definition) is 2. The van der Waals surface area contributed by atoms with E-state index in [2.05, 4.69) is 23.8 Å². The summed E-state index contributed by atoms with van der Waals surface area (Å²) in [6, 6.07) is 1.64. The summed E-state index contributed by atoms with van der Waals surface area (Å²) in [5.41, 5.74) is 5.82.